The molecule has 0 spiro atoms. The summed E-state index contributed by atoms with van der Waals surface area (Å²) in [6, 6.07) is 0. The lowest BCUT2D eigenvalue weighted by molar-refractivity contribution is -0.125. The van der Waals surface area contributed by atoms with Crippen LogP contribution in [-0.4, -0.2) is 51.8 Å². The predicted octanol–water partition coefficient (Wildman–Crippen LogP) is 1.66. The second-order valence-corrected chi connectivity index (χ2v) is 6.92. The van der Waals surface area contributed by atoms with Crippen LogP contribution >= 0.6 is 0 Å². The zero-order valence-corrected chi connectivity index (χ0v) is 15.1. The average Bonchev–Trinajstić information content (AvgIpc) is 3.44. The Morgan fingerprint density at radius 3 is 2.42 bits per heavy atom. The van der Waals surface area contributed by atoms with Gasteiger partial charge in [0.15, 0.2) is 5.96 Å². The van der Waals surface area contributed by atoms with Crippen molar-refractivity contribution in [2.24, 2.45) is 16.8 Å². The molecule has 0 aromatic rings. The number of carbonyl (C=O) groups is 1. The van der Waals surface area contributed by atoms with Crippen molar-refractivity contribution < 1.29 is 9.53 Å². The van der Waals surface area contributed by atoms with Gasteiger partial charge in [-0.1, -0.05) is 19.3 Å². The molecule has 2 rings (SSSR count). The van der Waals surface area contributed by atoms with Gasteiger partial charge in [0.25, 0.3) is 0 Å². The first-order valence-corrected chi connectivity index (χ1v) is 9.59. The van der Waals surface area contributed by atoms with Crippen molar-refractivity contribution in [2.75, 3.05) is 39.9 Å². The summed E-state index contributed by atoms with van der Waals surface area (Å²) in [4.78, 5) is 16.2. The highest BCUT2D eigenvalue weighted by atomic mass is 16.5. The molecule has 2 fully saturated rings. The van der Waals surface area contributed by atoms with Crippen LogP contribution in [-0.2, 0) is 9.53 Å². The highest BCUT2D eigenvalue weighted by molar-refractivity contribution is 5.80. The van der Waals surface area contributed by atoms with Crippen molar-refractivity contribution in [3.05, 3.63) is 0 Å². The third-order valence-corrected chi connectivity index (χ3v) is 4.72. The number of hydrogen-bond acceptors (Lipinski definition) is 3. The molecule has 2 aliphatic rings. The number of nitrogens with zero attached hydrogens (tertiary/aromatic N) is 1. The normalized spacial score (nSPS) is 19.1. The van der Waals surface area contributed by atoms with E-state index in [2.05, 4.69) is 20.9 Å². The second kappa shape index (κ2) is 11.3. The molecule has 6 heteroatoms. The molecular weight excluding hydrogens is 304 g/mol. The molecule has 0 aromatic carbocycles. The lowest BCUT2D eigenvalue weighted by Gasteiger charge is -2.21. The van der Waals surface area contributed by atoms with E-state index in [1.54, 1.807) is 7.05 Å². The van der Waals surface area contributed by atoms with Crippen LogP contribution in [0.4, 0.5) is 0 Å². The van der Waals surface area contributed by atoms with E-state index in [1.165, 1.54) is 32.1 Å². The quantitative estimate of drug-likeness (QED) is 0.322. The molecule has 0 atom stereocenters. The van der Waals surface area contributed by atoms with Crippen LogP contribution in [0.5, 0.6) is 0 Å². The van der Waals surface area contributed by atoms with Crippen LogP contribution in [0.2, 0.25) is 0 Å². The van der Waals surface area contributed by atoms with E-state index in [0.29, 0.717) is 13.1 Å². The minimum Gasteiger partial charge on any atom is -0.381 e. The number of guanidine groups is 1. The summed E-state index contributed by atoms with van der Waals surface area (Å²) in [6.07, 6.45) is 9.41. The Labute approximate surface area is 146 Å². The van der Waals surface area contributed by atoms with Gasteiger partial charge in [0.05, 0.1) is 0 Å². The number of aliphatic imine (C=N–C) groups is 1. The van der Waals surface area contributed by atoms with Crippen LogP contribution in [0.3, 0.4) is 0 Å². The summed E-state index contributed by atoms with van der Waals surface area (Å²) in [7, 11) is 1.76. The summed E-state index contributed by atoms with van der Waals surface area (Å²) in [6.45, 7) is 3.90. The highest BCUT2D eigenvalue weighted by Crippen LogP contribution is 2.28. The molecule has 0 aliphatic heterocycles. The topological polar surface area (TPSA) is 74.8 Å². The molecule has 2 saturated carbocycles. The molecule has 0 radical (unpaired) electrons. The van der Waals surface area contributed by atoms with E-state index in [0.717, 1.165) is 50.9 Å². The molecule has 0 unspecified atom stereocenters. The van der Waals surface area contributed by atoms with Crippen molar-refractivity contribution in [2.45, 2.75) is 51.4 Å². The summed E-state index contributed by atoms with van der Waals surface area (Å²) < 4.78 is 5.61. The van der Waals surface area contributed by atoms with E-state index in [-0.39, 0.29) is 11.8 Å². The molecule has 0 heterocycles. The van der Waals surface area contributed by atoms with Gasteiger partial charge >= 0.3 is 0 Å². The molecule has 6 nitrogen and oxygen atoms in total. The number of nitrogens with one attached hydrogen (secondary N) is 3. The summed E-state index contributed by atoms with van der Waals surface area (Å²) in [5.74, 6) is 2.06. The monoisotopic (exact) mass is 338 g/mol. The zero-order valence-electron chi connectivity index (χ0n) is 15.1. The van der Waals surface area contributed by atoms with Gasteiger partial charge in [-0.15, -0.1) is 0 Å². The summed E-state index contributed by atoms with van der Waals surface area (Å²) >= 11 is 0. The van der Waals surface area contributed by atoms with Crippen molar-refractivity contribution >= 4 is 11.9 Å². The summed E-state index contributed by atoms with van der Waals surface area (Å²) in [5, 5.41) is 9.53. The zero-order chi connectivity index (χ0) is 17.0. The molecule has 3 N–H and O–H groups in total. The first-order chi connectivity index (χ1) is 11.8. The molecule has 0 aromatic heterocycles. The molecule has 138 valence electrons. The van der Waals surface area contributed by atoms with Crippen molar-refractivity contribution in [1.29, 1.82) is 0 Å². The van der Waals surface area contributed by atoms with Crippen LogP contribution in [0.15, 0.2) is 4.99 Å². The Morgan fingerprint density at radius 1 is 1.00 bits per heavy atom. The molecule has 1 amide bonds. The Morgan fingerprint density at radius 2 is 1.71 bits per heavy atom. The number of rotatable bonds is 10. The lowest BCUT2D eigenvalue weighted by atomic mass is 9.89. The maximum atomic E-state index is 12.0. The fourth-order valence-electron chi connectivity index (χ4n) is 3.01. The van der Waals surface area contributed by atoms with Crippen LogP contribution in [0.25, 0.3) is 0 Å². The maximum absolute atomic E-state index is 12.0. The Bertz CT molecular complexity index is 390. The van der Waals surface area contributed by atoms with Crippen LogP contribution in [0.1, 0.15) is 51.4 Å². The fourth-order valence-corrected chi connectivity index (χ4v) is 3.01. The number of ether oxygens (including phenoxy) is 1. The SMILES string of the molecule is CN=C(NCCCOCC1CC1)NCCNC(=O)C1CCCCC1. The van der Waals surface area contributed by atoms with Gasteiger partial charge in [0, 0.05) is 45.8 Å². The van der Waals surface area contributed by atoms with E-state index in [9.17, 15) is 4.79 Å². The Balaban J connectivity index is 1.44. The number of hydrogen-bond donors (Lipinski definition) is 3. The molecule has 2 aliphatic carbocycles. The van der Waals surface area contributed by atoms with E-state index < -0.39 is 0 Å². The minimum absolute atomic E-state index is 0.215. The van der Waals surface area contributed by atoms with Gasteiger partial charge < -0.3 is 20.7 Å². The maximum Gasteiger partial charge on any atom is 0.223 e. The van der Waals surface area contributed by atoms with E-state index in [1.807, 2.05) is 0 Å². The van der Waals surface area contributed by atoms with Crippen LogP contribution < -0.4 is 16.0 Å². The van der Waals surface area contributed by atoms with Crippen molar-refractivity contribution in [3.63, 3.8) is 0 Å². The Hall–Kier alpha value is -1.30. The average molecular weight is 338 g/mol. The fraction of sp³-hybridized carbons (Fsp3) is 0.889. The highest BCUT2D eigenvalue weighted by Gasteiger charge is 2.21. The predicted molar refractivity (Wildman–Crippen MR) is 97.1 cm³/mol. The largest absolute Gasteiger partial charge is 0.381 e. The third-order valence-electron chi connectivity index (χ3n) is 4.72. The molecule has 0 bridgehead atoms. The van der Waals surface area contributed by atoms with E-state index >= 15 is 0 Å². The van der Waals surface area contributed by atoms with E-state index in [4.69, 9.17) is 4.74 Å². The smallest absolute Gasteiger partial charge is 0.223 e. The number of amides is 1. The van der Waals surface area contributed by atoms with Gasteiger partial charge in [-0.05, 0) is 38.0 Å². The molecular formula is C18H34N4O2. The first-order valence-electron chi connectivity index (χ1n) is 9.59. The molecule has 0 saturated heterocycles. The van der Waals surface area contributed by atoms with Crippen molar-refractivity contribution in [1.82, 2.24) is 16.0 Å². The van der Waals surface area contributed by atoms with Gasteiger partial charge in [0.2, 0.25) is 5.91 Å². The Kier molecular flexibility index (Phi) is 8.95. The van der Waals surface area contributed by atoms with Gasteiger partial charge in [-0.2, -0.15) is 0 Å². The minimum atomic E-state index is 0.215. The van der Waals surface area contributed by atoms with Gasteiger partial charge in [0.1, 0.15) is 0 Å². The van der Waals surface area contributed by atoms with Gasteiger partial charge in [-0.3, -0.25) is 9.79 Å². The number of carbonyl (C=O) groups excluding carboxylic acids is 1. The first kappa shape index (κ1) is 19.0. The van der Waals surface area contributed by atoms with Crippen LogP contribution in [0, 0.1) is 11.8 Å². The van der Waals surface area contributed by atoms with Gasteiger partial charge in [-0.25, -0.2) is 0 Å². The lowest BCUT2D eigenvalue weighted by Crippen LogP contribution is -2.43. The standard InChI is InChI=1S/C18H34N4O2/c1-19-18(21-10-5-13-24-14-15-8-9-15)22-12-11-20-17(23)16-6-3-2-4-7-16/h15-16H,2-14H2,1H3,(H,20,23)(H2,19,21,22). The molecule has 24 heavy (non-hydrogen) atoms. The van der Waals surface area contributed by atoms with Crippen molar-refractivity contribution in [3.8, 4) is 0 Å². The third kappa shape index (κ3) is 7.99. The summed E-state index contributed by atoms with van der Waals surface area (Å²) in [5.41, 5.74) is 0. The second-order valence-electron chi connectivity index (χ2n) is 6.92.